The van der Waals surface area contributed by atoms with Gasteiger partial charge in [-0.3, -0.25) is 4.79 Å². The molecule has 22 heavy (non-hydrogen) atoms. The third kappa shape index (κ3) is 2.15. The third-order valence-corrected chi connectivity index (χ3v) is 4.79. The molecule has 110 valence electrons. The summed E-state index contributed by atoms with van der Waals surface area (Å²) < 4.78 is 0. The first-order chi connectivity index (χ1) is 10.7. The van der Waals surface area contributed by atoms with Crippen molar-refractivity contribution in [3.8, 4) is 0 Å². The van der Waals surface area contributed by atoms with Crippen molar-refractivity contribution in [2.24, 2.45) is 0 Å². The van der Waals surface area contributed by atoms with Gasteiger partial charge in [0.05, 0.1) is 6.04 Å². The van der Waals surface area contributed by atoms with Crippen LogP contribution in [0.2, 0.25) is 5.02 Å². The number of nitrogens with one attached hydrogen (secondary N) is 1. The molecular formula is C19H16ClNO. The number of allylic oxidation sites excluding steroid dienone is 1. The normalized spacial score (nSPS) is 23.1. The van der Waals surface area contributed by atoms with E-state index in [0.717, 1.165) is 35.2 Å². The minimum Gasteiger partial charge on any atom is -0.374 e. The molecule has 1 N–H and O–H groups in total. The van der Waals surface area contributed by atoms with Crippen LogP contribution in [0.1, 0.15) is 35.9 Å². The van der Waals surface area contributed by atoms with Gasteiger partial charge in [0.2, 0.25) is 0 Å². The summed E-state index contributed by atoms with van der Waals surface area (Å²) in [6.07, 6.45) is 3.89. The van der Waals surface area contributed by atoms with Gasteiger partial charge in [0.25, 0.3) is 0 Å². The zero-order valence-electron chi connectivity index (χ0n) is 12.1. The van der Waals surface area contributed by atoms with Crippen LogP contribution in [0.25, 0.3) is 0 Å². The predicted octanol–water partition coefficient (Wildman–Crippen LogP) is 4.88. The minimum atomic E-state index is -0.0843. The molecule has 2 unspecified atom stereocenters. The van der Waals surface area contributed by atoms with E-state index in [2.05, 4.69) is 23.5 Å². The quantitative estimate of drug-likeness (QED) is 0.813. The van der Waals surface area contributed by atoms with Gasteiger partial charge >= 0.3 is 0 Å². The van der Waals surface area contributed by atoms with Crippen LogP contribution in [0.4, 0.5) is 5.69 Å². The van der Waals surface area contributed by atoms with Crippen molar-refractivity contribution < 1.29 is 4.79 Å². The summed E-state index contributed by atoms with van der Waals surface area (Å²) in [4.78, 5) is 12.9. The maximum atomic E-state index is 12.9. The highest BCUT2D eigenvalue weighted by Gasteiger charge is 2.36. The van der Waals surface area contributed by atoms with Crippen molar-refractivity contribution in [2.45, 2.75) is 24.8 Å². The molecule has 2 aromatic carbocycles. The van der Waals surface area contributed by atoms with Gasteiger partial charge in [-0.25, -0.2) is 0 Å². The number of rotatable bonds is 1. The summed E-state index contributed by atoms with van der Waals surface area (Å²) in [5.74, 6) is 0.156. The predicted molar refractivity (Wildman–Crippen MR) is 89.3 cm³/mol. The molecular weight excluding hydrogens is 294 g/mol. The molecule has 2 bridgehead atoms. The van der Waals surface area contributed by atoms with Crippen molar-refractivity contribution in [1.82, 2.24) is 0 Å². The molecule has 0 amide bonds. The van der Waals surface area contributed by atoms with Crippen molar-refractivity contribution in [2.75, 3.05) is 5.32 Å². The second-order valence-corrected chi connectivity index (χ2v) is 6.31. The first kappa shape index (κ1) is 13.6. The second-order valence-electron chi connectivity index (χ2n) is 5.87. The molecule has 0 saturated heterocycles. The average molecular weight is 310 g/mol. The van der Waals surface area contributed by atoms with Crippen LogP contribution in [0, 0.1) is 0 Å². The van der Waals surface area contributed by atoms with Crippen LogP contribution < -0.4 is 5.32 Å². The number of benzene rings is 2. The highest BCUT2D eigenvalue weighted by molar-refractivity contribution is 6.30. The summed E-state index contributed by atoms with van der Waals surface area (Å²) in [7, 11) is 0. The Labute approximate surface area is 134 Å². The van der Waals surface area contributed by atoms with E-state index in [-0.39, 0.29) is 17.7 Å². The van der Waals surface area contributed by atoms with E-state index in [1.54, 1.807) is 0 Å². The lowest BCUT2D eigenvalue weighted by atomic mass is 9.80. The number of hydrogen-bond donors (Lipinski definition) is 1. The molecule has 4 rings (SSSR count). The summed E-state index contributed by atoms with van der Waals surface area (Å²) in [5, 5.41) is 4.24. The summed E-state index contributed by atoms with van der Waals surface area (Å²) in [5.41, 5.74) is 4.05. The Morgan fingerprint density at radius 2 is 1.91 bits per heavy atom. The summed E-state index contributed by atoms with van der Waals surface area (Å²) >= 11 is 6.15. The largest absolute Gasteiger partial charge is 0.374 e. The van der Waals surface area contributed by atoms with Crippen molar-refractivity contribution in [3.63, 3.8) is 0 Å². The molecule has 2 aliphatic rings. The van der Waals surface area contributed by atoms with Crippen LogP contribution in [0.5, 0.6) is 0 Å². The monoisotopic (exact) mass is 309 g/mol. The smallest absolute Gasteiger partial charge is 0.168 e. The molecule has 3 heteroatoms. The molecule has 2 nitrogen and oxygen atoms in total. The van der Waals surface area contributed by atoms with Crippen LogP contribution in [-0.2, 0) is 4.79 Å². The number of fused-ring (bicyclic) bond motifs is 4. The molecule has 0 saturated carbocycles. The number of Topliss-reactive ketones (excluding diaryl/α,β-unsaturated/α-hetero) is 1. The van der Waals surface area contributed by atoms with E-state index in [1.807, 2.05) is 36.4 Å². The molecule has 0 aromatic heterocycles. The third-order valence-electron chi connectivity index (χ3n) is 4.55. The first-order valence-electron chi connectivity index (χ1n) is 7.59. The van der Waals surface area contributed by atoms with E-state index in [0.29, 0.717) is 5.02 Å². The molecule has 1 aliphatic carbocycles. The standard InChI is InChI=1S/C19H16ClNO/c20-13-9-10-17-16(11-13)14-7-4-8-15(19(14)22)18(21-17)12-5-2-1-3-6-12/h1-3,5-6,8-11,14,18,21H,4,7H2. The minimum absolute atomic E-state index is 0.0742. The topological polar surface area (TPSA) is 29.1 Å². The highest BCUT2D eigenvalue weighted by Crippen LogP contribution is 2.44. The summed E-state index contributed by atoms with van der Waals surface area (Å²) in [6.45, 7) is 0. The van der Waals surface area contributed by atoms with Crippen molar-refractivity contribution in [3.05, 3.63) is 76.3 Å². The molecule has 0 fully saturated rings. The maximum absolute atomic E-state index is 12.9. The Hall–Kier alpha value is -2.06. The van der Waals surface area contributed by atoms with Gasteiger partial charge < -0.3 is 5.32 Å². The van der Waals surface area contributed by atoms with Crippen molar-refractivity contribution in [1.29, 1.82) is 0 Å². The Balaban J connectivity index is 1.89. The Morgan fingerprint density at radius 1 is 1.09 bits per heavy atom. The number of carbonyl (C=O) groups is 1. The fourth-order valence-electron chi connectivity index (χ4n) is 3.49. The second kappa shape index (κ2) is 5.29. The Bertz CT molecular complexity index is 766. The van der Waals surface area contributed by atoms with Gasteiger partial charge in [-0.15, -0.1) is 0 Å². The zero-order valence-corrected chi connectivity index (χ0v) is 12.8. The molecule has 0 radical (unpaired) electrons. The van der Waals surface area contributed by atoms with Crippen LogP contribution >= 0.6 is 11.6 Å². The van der Waals surface area contributed by atoms with Gasteiger partial charge in [-0.1, -0.05) is 48.0 Å². The molecule has 2 atom stereocenters. The van der Waals surface area contributed by atoms with Gasteiger partial charge in [-0.05, 0) is 42.2 Å². The lowest BCUT2D eigenvalue weighted by Crippen LogP contribution is -2.22. The lowest BCUT2D eigenvalue weighted by Gasteiger charge is -2.23. The molecule has 0 spiro atoms. The molecule has 2 aromatic rings. The fourth-order valence-corrected chi connectivity index (χ4v) is 3.67. The number of halogens is 1. The molecule has 1 heterocycles. The first-order valence-corrected chi connectivity index (χ1v) is 7.97. The van der Waals surface area contributed by atoms with E-state index < -0.39 is 0 Å². The molecule has 1 aliphatic heterocycles. The van der Waals surface area contributed by atoms with E-state index >= 15 is 0 Å². The Morgan fingerprint density at radius 3 is 2.73 bits per heavy atom. The van der Waals surface area contributed by atoms with Gasteiger partial charge in [0.15, 0.2) is 5.78 Å². The SMILES string of the molecule is O=C1C2=CCCC1c1cc(Cl)ccc1NC2c1ccccc1. The van der Waals surface area contributed by atoms with Crippen LogP contribution in [0.15, 0.2) is 60.2 Å². The maximum Gasteiger partial charge on any atom is 0.168 e. The Kier molecular flexibility index (Phi) is 3.27. The number of hydrogen-bond acceptors (Lipinski definition) is 2. The number of ketones is 1. The van der Waals surface area contributed by atoms with Crippen molar-refractivity contribution >= 4 is 23.1 Å². The van der Waals surface area contributed by atoms with E-state index in [4.69, 9.17) is 11.6 Å². The summed E-state index contributed by atoms with van der Waals surface area (Å²) in [6, 6.07) is 15.9. The zero-order chi connectivity index (χ0) is 15.1. The number of anilines is 1. The van der Waals surface area contributed by atoms with Gasteiger partial charge in [0, 0.05) is 22.2 Å². The van der Waals surface area contributed by atoms with Gasteiger partial charge in [-0.2, -0.15) is 0 Å². The van der Waals surface area contributed by atoms with E-state index in [9.17, 15) is 4.79 Å². The van der Waals surface area contributed by atoms with Gasteiger partial charge in [0.1, 0.15) is 0 Å². The average Bonchev–Trinajstić information content (AvgIpc) is 2.61. The van der Waals surface area contributed by atoms with Crippen LogP contribution in [-0.4, -0.2) is 5.78 Å². The highest BCUT2D eigenvalue weighted by atomic mass is 35.5. The lowest BCUT2D eigenvalue weighted by molar-refractivity contribution is -0.117. The van der Waals surface area contributed by atoms with Crippen LogP contribution in [0.3, 0.4) is 0 Å². The van der Waals surface area contributed by atoms with E-state index in [1.165, 1.54) is 0 Å². The fraction of sp³-hybridized carbons (Fsp3) is 0.211. The number of carbonyl (C=O) groups excluding carboxylic acids is 1.